The lowest BCUT2D eigenvalue weighted by Crippen LogP contribution is -2.36. The van der Waals surface area contributed by atoms with Gasteiger partial charge in [-0.1, -0.05) is 215 Å². The number of hydrogen-bond acceptors (Lipinski definition) is 2. The SMILES string of the molecule is CC(C)c1cc(N(c2ccc3c4ccccc4n(-c4cccc(C(C)(C)C)c4)c3c2)C2CCc3ccccc3C2)c2ccc3c(C(C)C)cc(N(c4ccc5c6ccccc6n(-c6cccc(C(C)(C)C)c6)c5c4)C4CCc5ccccc5C4)c4ccc1c2c34. The molecule has 0 N–H and O–H groups in total. The Labute approximate surface area is 531 Å². The van der Waals surface area contributed by atoms with Crippen molar-refractivity contribution in [2.75, 3.05) is 9.80 Å². The van der Waals surface area contributed by atoms with Gasteiger partial charge in [0, 0.05) is 78.5 Å². The van der Waals surface area contributed by atoms with Crippen molar-refractivity contribution in [3.63, 3.8) is 0 Å². The third-order valence-electron chi connectivity index (χ3n) is 20.9. The lowest BCUT2D eigenvalue weighted by molar-refractivity contribution is 0.564. The van der Waals surface area contributed by atoms with Gasteiger partial charge in [0.15, 0.2) is 0 Å². The van der Waals surface area contributed by atoms with Crippen molar-refractivity contribution in [3.05, 3.63) is 263 Å². The van der Waals surface area contributed by atoms with Crippen molar-refractivity contribution in [2.45, 2.75) is 143 Å². The van der Waals surface area contributed by atoms with E-state index in [0.717, 1.165) is 38.5 Å². The van der Waals surface area contributed by atoms with Crippen molar-refractivity contribution >= 4 is 98.7 Å². The maximum atomic E-state index is 2.81. The van der Waals surface area contributed by atoms with Gasteiger partial charge in [-0.05, 0) is 200 Å². The van der Waals surface area contributed by atoms with Crippen LogP contribution >= 0.6 is 0 Å². The lowest BCUT2D eigenvalue weighted by atomic mass is 9.82. The van der Waals surface area contributed by atoms with Crippen molar-refractivity contribution in [1.29, 1.82) is 0 Å². The largest absolute Gasteiger partial charge is 0.337 e. The third-order valence-corrected chi connectivity index (χ3v) is 20.9. The molecule has 0 radical (unpaired) electrons. The molecular formula is C86H82N4. The fourth-order valence-electron chi connectivity index (χ4n) is 16.3. The van der Waals surface area contributed by atoms with Gasteiger partial charge in [-0.3, -0.25) is 0 Å². The summed E-state index contributed by atoms with van der Waals surface area (Å²) in [5.74, 6) is 0.542. The van der Waals surface area contributed by atoms with Crippen LogP contribution in [0.2, 0.25) is 0 Å². The minimum absolute atomic E-state index is 0.00450. The molecule has 2 heterocycles. The highest BCUT2D eigenvalue weighted by atomic mass is 15.2. The Morgan fingerprint density at radius 3 is 1.12 bits per heavy atom. The molecule has 0 bridgehead atoms. The summed E-state index contributed by atoms with van der Waals surface area (Å²) in [5, 5.41) is 13.2. The van der Waals surface area contributed by atoms with E-state index < -0.39 is 0 Å². The standard InChI is InChI=1S/C86H82N4/c1-53(2)75-51-81(87(63-35-33-55-21-11-13-23-57(55)45-63)65-37-39-69-67-29-15-17-31-77(67)89(79(69)49-65)61-27-19-25-59(47-61)85(5,6)7)73-44-42-72-76(54(3)4)52-82(74-43-41-71(75)83(73)84(72)74)88(64-36-34-56-22-12-14-24-58(56)46-64)66-38-40-70-68-30-16-18-32-78(68)90(80(70)50-66)62-28-20-26-60(48-62)86(8,9)10/h11-32,37-44,47-54,63-64H,33-36,45-46H2,1-10H3. The van der Waals surface area contributed by atoms with Crippen LogP contribution in [0.25, 0.3) is 87.3 Å². The van der Waals surface area contributed by atoms with E-state index in [9.17, 15) is 0 Å². The quantitative estimate of drug-likeness (QED) is 0.127. The van der Waals surface area contributed by atoms with Gasteiger partial charge < -0.3 is 18.9 Å². The number of para-hydroxylation sites is 2. The molecule has 2 aliphatic carbocycles. The zero-order valence-electron chi connectivity index (χ0n) is 54.1. The Morgan fingerprint density at radius 2 is 0.711 bits per heavy atom. The predicted octanol–water partition coefficient (Wildman–Crippen LogP) is 23.0. The second-order valence-corrected chi connectivity index (χ2v) is 29.1. The Hall–Kier alpha value is -9.12. The highest BCUT2D eigenvalue weighted by Crippen LogP contribution is 2.52. The van der Waals surface area contributed by atoms with Crippen LogP contribution in [0.1, 0.15) is 138 Å². The summed E-state index contributed by atoms with van der Waals surface area (Å²) < 4.78 is 5.07. The summed E-state index contributed by atoms with van der Waals surface area (Å²) >= 11 is 0. The molecule has 2 aromatic heterocycles. The fourth-order valence-corrected chi connectivity index (χ4v) is 16.3. The summed E-state index contributed by atoms with van der Waals surface area (Å²) in [7, 11) is 0. The first kappa shape index (κ1) is 56.1. The van der Waals surface area contributed by atoms with Crippen LogP contribution in [0.5, 0.6) is 0 Å². The highest BCUT2D eigenvalue weighted by molar-refractivity contribution is 6.29. The van der Waals surface area contributed by atoms with Gasteiger partial charge in [0.1, 0.15) is 0 Å². The normalized spacial score (nSPS) is 15.6. The minimum Gasteiger partial charge on any atom is -0.337 e. The molecule has 0 aliphatic heterocycles. The van der Waals surface area contributed by atoms with E-state index in [1.54, 1.807) is 0 Å². The molecule has 4 nitrogen and oxygen atoms in total. The van der Waals surface area contributed by atoms with Gasteiger partial charge in [0.2, 0.25) is 0 Å². The van der Waals surface area contributed by atoms with Crippen LogP contribution in [0.4, 0.5) is 22.7 Å². The molecule has 16 rings (SSSR count). The molecule has 2 unspecified atom stereocenters. The van der Waals surface area contributed by atoms with E-state index in [-0.39, 0.29) is 34.7 Å². The molecule has 0 saturated carbocycles. The Balaban J connectivity index is 0.960. The molecule has 12 aromatic carbocycles. The zero-order chi connectivity index (χ0) is 61.5. The monoisotopic (exact) mass is 1170 g/mol. The topological polar surface area (TPSA) is 16.3 Å². The van der Waals surface area contributed by atoms with E-state index in [0.29, 0.717) is 0 Å². The summed E-state index contributed by atoms with van der Waals surface area (Å²) in [5.41, 5.74) is 23.7. The van der Waals surface area contributed by atoms with Crippen LogP contribution < -0.4 is 9.80 Å². The molecule has 0 spiro atoms. The van der Waals surface area contributed by atoms with Gasteiger partial charge in [-0.15, -0.1) is 0 Å². The predicted molar refractivity (Wildman–Crippen MR) is 386 cm³/mol. The highest BCUT2D eigenvalue weighted by Gasteiger charge is 2.34. The number of rotatable bonds is 10. The van der Waals surface area contributed by atoms with Crippen LogP contribution in [0, 0.1) is 0 Å². The van der Waals surface area contributed by atoms with E-state index >= 15 is 0 Å². The number of anilines is 4. The maximum Gasteiger partial charge on any atom is 0.0561 e. The summed E-state index contributed by atoms with van der Waals surface area (Å²) in [4.78, 5) is 5.62. The number of nitrogens with zero attached hydrogens (tertiary/aromatic N) is 4. The van der Waals surface area contributed by atoms with Crippen molar-refractivity contribution in [1.82, 2.24) is 9.13 Å². The fraction of sp³-hybridized carbons (Fsp3) is 0.256. The average Bonchev–Trinajstić information content (AvgIpc) is 0.748. The molecule has 0 saturated heterocycles. The number of fused-ring (bicyclic) bond motifs is 8. The van der Waals surface area contributed by atoms with Gasteiger partial charge in [-0.25, -0.2) is 0 Å². The summed E-state index contributed by atoms with van der Waals surface area (Å²) in [6.45, 7) is 23.6. The number of aromatic nitrogens is 2. The zero-order valence-corrected chi connectivity index (χ0v) is 54.1. The molecule has 2 aliphatic rings. The summed E-state index contributed by atoms with van der Waals surface area (Å²) in [6, 6.07) is 85.6. The maximum absolute atomic E-state index is 2.81. The molecule has 446 valence electrons. The molecule has 90 heavy (non-hydrogen) atoms. The second-order valence-electron chi connectivity index (χ2n) is 29.1. The van der Waals surface area contributed by atoms with E-state index in [1.165, 1.54) is 155 Å². The first-order valence-corrected chi connectivity index (χ1v) is 33.3. The average molecular weight is 1170 g/mol. The van der Waals surface area contributed by atoms with E-state index in [1.807, 2.05) is 0 Å². The van der Waals surface area contributed by atoms with Gasteiger partial charge in [0.25, 0.3) is 0 Å². The van der Waals surface area contributed by atoms with Crippen LogP contribution in [-0.4, -0.2) is 21.2 Å². The van der Waals surface area contributed by atoms with Crippen LogP contribution in [0.3, 0.4) is 0 Å². The molecule has 0 fully saturated rings. The smallest absolute Gasteiger partial charge is 0.0561 e. The van der Waals surface area contributed by atoms with Crippen LogP contribution in [0.15, 0.2) is 218 Å². The Morgan fingerprint density at radius 1 is 0.344 bits per heavy atom. The molecular weight excluding hydrogens is 1090 g/mol. The second kappa shape index (κ2) is 21.3. The van der Waals surface area contributed by atoms with Crippen molar-refractivity contribution in [3.8, 4) is 11.4 Å². The van der Waals surface area contributed by atoms with E-state index in [4.69, 9.17) is 0 Å². The molecule has 4 heteroatoms. The number of hydrogen-bond donors (Lipinski definition) is 0. The van der Waals surface area contributed by atoms with Gasteiger partial charge in [0.05, 0.1) is 22.1 Å². The number of benzene rings is 12. The Bertz CT molecular complexity index is 4820. The number of aryl methyl sites for hydroxylation is 2. The van der Waals surface area contributed by atoms with Crippen molar-refractivity contribution in [2.24, 2.45) is 0 Å². The first-order valence-electron chi connectivity index (χ1n) is 33.3. The van der Waals surface area contributed by atoms with Gasteiger partial charge in [-0.2, -0.15) is 0 Å². The lowest BCUT2D eigenvalue weighted by Gasteiger charge is -2.39. The first-order chi connectivity index (χ1) is 43.6. The van der Waals surface area contributed by atoms with E-state index in [2.05, 4.69) is 307 Å². The Kier molecular flexibility index (Phi) is 13.3. The van der Waals surface area contributed by atoms with Gasteiger partial charge >= 0.3 is 0 Å². The minimum atomic E-state index is 0.00450. The molecule has 2 atom stereocenters. The molecule has 14 aromatic rings. The third kappa shape index (κ3) is 9.13. The van der Waals surface area contributed by atoms with Crippen LogP contribution in [-0.2, 0) is 36.5 Å². The molecule has 0 amide bonds. The van der Waals surface area contributed by atoms with Crippen molar-refractivity contribution < 1.29 is 0 Å². The summed E-state index contributed by atoms with van der Waals surface area (Å²) in [6.07, 6.45) is 6.13.